The fourth-order valence-corrected chi connectivity index (χ4v) is 2.67. The van der Waals surface area contributed by atoms with E-state index in [0.29, 0.717) is 23.7 Å². The predicted molar refractivity (Wildman–Crippen MR) is 89.9 cm³/mol. The monoisotopic (exact) mass is 295 g/mol. The molecule has 0 aromatic heterocycles. The minimum absolute atomic E-state index is 0.0531. The number of anilines is 2. The Kier molecular flexibility index (Phi) is 3.86. The molecule has 4 nitrogen and oxygen atoms in total. The molecule has 0 bridgehead atoms. The Morgan fingerprint density at radius 3 is 2.45 bits per heavy atom. The molecule has 114 valence electrons. The van der Waals surface area contributed by atoms with E-state index in [2.05, 4.69) is 12.1 Å². The molecule has 0 unspecified atom stereocenters. The summed E-state index contributed by atoms with van der Waals surface area (Å²) in [5, 5.41) is 0. The molecule has 1 saturated carbocycles. The topological polar surface area (TPSA) is 72.3 Å². The Morgan fingerprint density at radius 2 is 1.86 bits per heavy atom. The molecule has 0 saturated heterocycles. The zero-order valence-corrected chi connectivity index (χ0v) is 12.8. The summed E-state index contributed by atoms with van der Waals surface area (Å²) < 4.78 is 0. The van der Waals surface area contributed by atoms with Gasteiger partial charge in [0.05, 0.1) is 0 Å². The SMILES string of the molecule is CN(C(=O)c1ccc(N)cc1)c1cc(C2CC2)ccc1CN. The Hall–Kier alpha value is -2.33. The molecule has 0 heterocycles. The molecule has 1 fully saturated rings. The van der Waals surface area contributed by atoms with Gasteiger partial charge in [-0.1, -0.05) is 12.1 Å². The number of carbonyl (C=O) groups excluding carboxylic acids is 1. The van der Waals surface area contributed by atoms with Crippen LogP contribution < -0.4 is 16.4 Å². The van der Waals surface area contributed by atoms with Crippen LogP contribution >= 0.6 is 0 Å². The number of nitrogen functional groups attached to an aromatic ring is 1. The van der Waals surface area contributed by atoms with Crippen LogP contribution in [0, 0.1) is 0 Å². The Morgan fingerprint density at radius 1 is 1.18 bits per heavy atom. The van der Waals surface area contributed by atoms with Crippen LogP contribution in [0.5, 0.6) is 0 Å². The van der Waals surface area contributed by atoms with Crippen LogP contribution in [-0.4, -0.2) is 13.0 Å². The lowest BCUT2D eigenvalue weighted by atomic mass is 10.0. The maximum atomic E-state index is 12.7. The fourth-order valence-electron chi connectivity index (χ4n) is 2.67. The van der Waals surface area contributed by atoms with Crippen molar-refractivity contribution in [2.24, 2.45) is 5.73 Å². The van der Waals surface area contributed by atoms with Gasteiger partial charge in [-0.3, -0.25) is 4.79 Å². The van der Waals surface area contributed by atoms with Gasteiger partial charge in [-0.2, -0.15) is 0 Å². The molecule has 22 heavy (non-hydrogen) atoms. The van der Waals surface area contributed by atoms with Crippen molar-refractivity contribution in [3.63, 3.8) is 0 Å². The molecule has 1 aliphatic rings. The molecule has 2 aromatic rings. The van der Waals surface area contributed by atoms with Crippen LogP contribution in [0.2, 0.25) is 0 Å². The smallest absolute Gasteiger partial charge is 0.258 e. The quantitative estimate of drug-likeness (QED) is 0.852. The first-order valence-corrected chi connectivity index (χ1v) is 7.56. The lowest BCUT2D eigenvalue weighted by Crippen LogP contribution is -2.27. The summed E-state index contributed by atoms with van der Waals surface area (Å²) in [5.41, 5.74) is 16.0. The molecule has 4 heteroatoms. The third kappa shape index (κ3) is 2.83. The molecular formula is C18H21N3O. The largest absolute Gasteiger partial charge is 0.399 e. The van der Waals surface area contributed by atoms with Gasteiger partial charge in [0.2, 0.25) is 0 Å². The van der Waals surface area contributed by atoms with Crippen molar-refractivity contribution in [1.82, 2.24) is 0 Å². The molecule has 0 radical (unpaired) electrons. The predicted octanol–water partition coefficient (Wildman–Crippen LogP) is 2.88. The van der Waals surface area contributed by atoms with E-state index in [4.69, 9.17) is 11.5 Å². The molecule has 4 N–H and O–H groups in total. The van der Waals surface area contributed by atoms with E-state index in [1.807, 2.05) is 6.07 Å². The van der Waals surface area contributed by atoms with Gasteiger partial charge >= 0.3 is 0 Å². The van der Waals surface area contributed by atoms with E-state index in [0.717, 1.165) is 11.3 Å². The van der Waals surface area contributed by atoms with Gasteiger partial charge in [-0.05, 0) is 60.2 Å². The van der Waals surface area contributed by atoms with E-state index in [-0.39, 0.29) is 5.91 Å². The number of carbonyl (C=O) groups is 1. The minimum Gasteiger partial charge on any atom is -0.399 e. The second kappa shape index (κ2) is 5.81. The Bertz CT molecular complexity index is 690. The lowest BCUT2D eigenvalue weighted by molar-refractivity contribution is 0.0993. The van der Waals surface area contributed by atoms with E-state index < -0.39 is 0 Å². The van der Waals surface area contributed by atoms with Gasteiger partial charge in [0.15, 0.2) is 0 Å². The standard InChI is InChI=1S/C18H21N3O/c1-21(18(22)13-6-8-16(20)9-7-13)17-10-14(12-2-3-12)4-5-15(17)11-19/h4-10,12H,2-3,11,19-20H2,1H3. The summed E-state index contributed by atoms with van der Waals surface area (Å²) in [6, 6.07) is 13.3. The van der Waals surface area contributed by atoms with Crippen molar-refractivity contribution in [2.75, 3.05) is 17.7 Å². The fraction of sp³-hybridized carbons (Fsp3) is 0.278. The van der Waals surface area contributed by atoms with Crippen LogP contribution in [0.4, 0.5) is 11.4 Å². The van der Waals surface area contributed by atoms with Crippen molar-refractivity contribution < 1.29 is 4.79 Å². The normalized spacial score (nSPS) is 13.9. The third-order valence-electron chi connectivity index (χ3n) is 4.20. The van der Waals surface area contributed by atoms with Crippen molar-refractivity contribution in [3.8, 4) is 0 Å². The molecule has 1 aliphatic carbocycles. The summed E-state index contributed by atoms with van der Waals surface area (Å²) in [6.07, 6.45) is 2.47. The third-order valence-corrected chi connectivity index (χ3v) is 4.20. The molecule has 1 amide bonds. The number of benzene rings is 2. The van der Waals surface area contributed by atoms with Crippen LogP contribution in [0.25, 0.3) is 0 Å². The van der Waals surface area contributed by atoms with E-state index in [1.165, 1.54) is 18.4 Å². The van der Waals surface area contributed by atoms with Gasteiger partial charge in [-0.25, -0.2) is 0 Å². The van der Waals surface area contributed by atoms with E-state index in [9.17, 15) is 4.79 Å². The highest BCUT2D eigenvalue weighted by Crippen LogP contribution is 2.41. The van der Waals surface area contributed by atoms with E-state index >= 15 is 0 Å². The second-order valence-electron chi connectivity index (χ2n) is 5.85. The summed E-state index contributed by atoms with van der Waals surface area (Å²) in [4.78, 5) is 14.3. The maximum absolute atomic E-state index is 12.7. The zero-order chi connectivity index (χ0) is 15.7. The molecule has 3 rings (SSSR count). The number of amides is 1. The Balaban J connectivity index is 1.92. The lowest BCUT2D eigenvalue weighted by Gasteiger charge is -2.21. The molecule has 2 aromatic carbocycles. The van der Waals surface area contributed by atoms with Crippen LogP contribution in [0.3, 0.4) is 0 Å². The highest BCUT2D eigenvalue weighted by Gasteiger charge is 2.25. The highest BCUT2D eigenvalue weighted by atomic mass is 16.2. The van der Waals surface area contributed by atoms with Crippen molar-refractivity contribution in [1.29, 1.82) is 0 Å². The first-order valence-electron chi connectivity index (χ1n) is 7.56. The number of hydrogen-bond donors (Lipinski definition) is 2. The van der Waals surface area contributed by atoms with Crippen molar-refractivity contribution in [2.45, 2.75) is 25.3 Å². The van der Waals surface area contributed by atoms with Gasteiger partial charge in [-0.15, -0.1) is 0 Å². The highest BCUT2D eigenvalue weighted by molar-refractivity contribution is 6.06. The molecule has 0 aliphatic heterocycles. The molecule has 0 atom stereocenters. The number of nitrogens with two attached hydrogens (primary N) is 2. The number of rotatable bonds is 4. The summed E-state index contributed by atoms with van der Waals surface area (Å²) in [7, 11) is 1.80. The zero-order valence-electron chi connectivity index (χ0n) is 12.8. The van der Waals surface area contributed by atoms with Crippen molar-refractivity contribution in [3.05, 3.63) is 59.2 Å². The van der Waals surface area contributed by atoms with E-state index in [1.54, 1.807) is 36.2 Å². The Labute approximate surface area is 130 Å². The van der Waals surface area contributed by atoms with Gasteiger partial charge < -0.3 is 16.4 Å². The average molecular weight is 295 g/mol. The number of hydrogen-bond acceptors (Lipinski definition) is 3. The first-order chi connectivity index (χ1) is 10.6. The van der Waals surface area contributed by atoms with Crippen molar-refractivity contribution >= 4 is 17.3 Å². The average Bonchev–Trinajstić information content (AvgIpc) is 3.38. The van der Waals surface area contributed by atoms with Gasteiger partial charge in [0.1, 0.15) is 0 Å². The van der Waals surface area contributed by atoms with Gasteiger partial charge in [0.25, 0.3) is 5.91 Å². The summed E-state index contributed by atoms with van der Waals surface area (Å²) >= 11 is 0. The van der Waals surface area contributed by atoms with Crippen LogP contribution in [0.15, 0.2) is 42.5 Å². The minimum atomic E-state index is -0.0531. The second-order valence-corrected chi connectivity index (χ2v) is 5.85. The van der Waals surface area contributed by atoms with Crippen LogP contribution in [-0.2, 0) is 6.54 Å². The first kappa shape index (κ1) is 14.6. The van der Waals surface area contributed by atoms with Gasteiger partial charge in [0, 0.05) is 30.5 Å². The molecule has 0 spiro atoms. The molecular weight excluding hydrogens is 274 g/mol. The maximum Gasteiger partial charge on any atom is 0.258 e. The number of nitrogens with zero attached hydrogens (tertiary/aromatic N) is 1. The summed E-state index contributed by atoms with van der Waals surface area (Å²) in [5.74, 6) is 0.591. The summed E-state index contributed by atoms with van der Waals surface area (Å²) in [6.45, 7) is 0.416. The van der Waals surface area contributed by atoms with Crippen LogP contribution in [0.1, 0.15) is 40.2 Å².